The third kappa shape index (κ3) is 3.10. The van der Waals surface area contributed by atoms with E-state index in [1.807, 2.05) is 0 Å². The number of nitrogens with zero attached hydrogens (tertiary/aromatic N) is 1. The van der Waals surface area contributed by atoms with Gasteiger partial charge in [0.1, 0.15) is 0 Å². The Morgan fingerprint density at radius 3 is 2.62 bits per heavy atom. The van der Waals surface area contributed by atoms with Gasteiger partial charge in [0.25, 0.3) is 0 Å². The summed E-state index contributed by atoms with van der Waals surface area (Å²) in [5.74, 6) is -1.89. The number of carbonyl (C=O) groups is 2. The van der Waals surface area contributed by atoms with Crippen molar-refractivity contribution in [3.63, 3.8) is 0 Å². The number of halogens is 2. The molecule has 4 atom stereocenters. The van der Waals surface area contributed by atoms with Gasteiger partial charge < -0.3 is 10.4 Å². The van der Waals surface area contributed by atoms with Gasteiger partial charge in [-0.15, -0.1) is 11.3 Å². The van der Waals surface area contributed by atoms with Gasteiger partial charge in [-0.05, 0) is 49.3 Å². The van der Waals surface area contributed by atoms with E-state index in [4.69, 9.17) is 23.2 Å². The number of hydrogen-bond donors (Lipinski definition) is 2. The lowest BCUT2D eigenvalue weighted by atomic mass is 9.79. The number of aliphatic carboxylic acids is 1. The van der Waals surface area contributed by atoms with Crippen LogP contribution in [0.1, 0.15) is 19.3 Å². The van der Waals surface area contributed by atoms with Gasteiger partial charge in [-0.1, -0.05) is 23.2 Å². The number of carbonyl (C=O) groups excluding carboxylic acids is 1. The SMILES string of the molecule is O=C(O)[C@@H]1[C@H]2CC[C@@H](C2)[C@H]1C(=O)Nc1nc(-c2ccc(Cl)cc2Cl)cs1. The smallest absolute Gasteiger partial charge is 0.307 e. The second-order valence-electron chi connectivity index (χ2n) is 6.87. The predicted octanol–water partition coefficient (Wildman–Crippen LogP) is 4.80. The van der Waals surface area contributed by atoms with Crippen molar-refractivity contribution in [1.29, 1.82) is 0 Å². The first-order chi connectivity index (χ1) is 12.4. The van der Waals surface area contributed by atoms with Crippen LogP contribution in [0.4, 0.5) is 5.13 Å². The molecule has 0 spiro atoms. The second-order valence-corrected chi connectivity index (χ2v) is 8.58. The minimum atomic E-state index is -0.870. The van der Waals surface area contributed by atoms with Crippen molar-refractivity contribution in [3.8, 4) is 11.3 Å². The maximum absolute atomic E-state index is 12.7. The fraction of sp³-hybridized carbons (Fsp3) is 0.389. The number of nitrogens with one attached hydrogen (secondary N) is 1. The largest absolute Gasteiger partial charge is 0.481 e. The summed E-state index contributed by atoms with van der Waals surface area (Å²) in [6.07, 6.45) is 2.66. The number of aromatic nitrogens is 1. The highest BCUT2D eigenvalue weighted by Crippen LogP contribution is 2.52. The van der Waals surface area contributed by atoms with Gasteiger partial charge in [0.15, 0.2) is 5.13 Å². The molecule has 5 nitrogen and oxygen atoms in total. The zero-order valence-corrected chi connectivity index (χ0v) is 15.9. The minimum Gasteiger partial charge on any atom is -0.481 e. The highest BCUT2D eigenvalue weighted by molar-refractivity contribution is 7.14. The number of rotatable bonds is 4. The topological polar surface area (TPSA) is 79.3 Å². The molecule has 2 aliphatic rings. The molecule has 2 bridgehead atoms. The summed E-state index contributed by atoms with van der Waals surface area (Å²) < 4.78 is 0. The van der Waals surface area contributed by atoms with E-state index in [0.717, 1.165) is 24.8 Å². The van der Waals surface area contributed by atoms with Gasteiger partial charge in [0.2, 0.25) is 5.91 Å². The highest BCUT2D eigenvalue weighted by Gasteiger charge is 2.54. The molecule has 2 saturated carbocycles. The molecule has 1 aromatic carbocycles. The molecule has 0 radical (unpaired) electrons. The standard InChI is InChI=1S/C18H16Cl2N2O3S/c19-10-3-4-11(12(20)6-10)13-7-26-18(21-13)22-16(23)14-8-1-2-9(5-8)15(14)17(24)25/h3-4,6-9,14-15H,1-2,5H2,(H,24,25)(H,21,22,23)/t8-,9-,14+,15+/m0/s1. The van der Waals surface area contributed by atoms with E-state index >= 15 is 0 Å². The third-order valence-electron chi connectivity index (χ3n) is 5.45. The van der Waals surface area contributed by atoms with Crippen molar-refractivity contribution in [1.82, 2.24) is 4.98 Å². The first-order valence-corrected chi connectivity index (χ1v) is 10.0. The Bertz CT molecular complexity index is 885. The quantitative estimate of drug-likeness (QED) is 0.758. The van der Waals surface area contributed by atoms with E-state index in [0.29, 0.717) is 20.9 Å². The second kappa shape index (κ2) is 6.83. The van der Waals surface area contributed by atoms with Crippen LogP contribution < -0.4 is 5.32 Å². The van der Waals surface area contributed by atoms with E-state index in [2.05, 4.69) is 10.3 Å². The Labute approximate surface area is 164 Å². The highest BCUT2D eigenvalue weighted by atomic mass is 35.5. The lowest BCUT2D eigenvalue weighted by Crippen LogP contribution is -2.37. The molecule has 136 valence electrons. The van der Waals surface area contributed by atoms with Crippen molar-refractivity contribution in [2.24, 2.45) is 23.7 Å². The molecule has 2 aliphatic carbocycles. The summed E-state index contributed by atoms with van der Waals surface area (Å²) in [4.78, 5) is 28.7. The number of amides is 1. The Kier molecular flexibility index (Phi) is 4.67. The van der Waals surface area contributed by atoms with Crippen LogP contribution in [0.25, 0.3) is 11.3 Å². The van der Waals surface area contributed by atoms with Crippen molar-refractivity contribution in [3.05, 3.63) is 33.6 Å². The minimum absolute atomic E-state index is 0.118. The maximum Gasteiger partial charge on any atom is 0.307 e. The van der Waals surface area contributed by atoms with E-state index in [-0.39, 0.29) is 17.7 Å². The lowest BCUT2D eigenvalue weighted by Gasteiger charge is -2.26. The molecule has 0 aliphatic heterocycles. The summed E-state index contributed by atoms with van der Waals surface area (Å²) in [5.41, 5.74) is 1.38. The van der Waals surface area contributed by atoms with Crippen LogP contribution >= 0.6 is 34.5 Å². The normalized spacial score (nSPS) is 26.8. The van der Waals surface area contributed by atoms with Crippen LogP contribution in [-0.4, -0.2) is 22.0 Å². The summed E-state index contributed by atoms with van der Waals surface area (Å²) in [6.45, 7) is 0. The number of thiazole rings is 1. The van der Waals surface area contributed by atoms with Crippen LogP contribution in [0.3, 0.4) is 0 Å². The molecule has 1 amide bonds. The maximum atomic E-state index is 12.7. The van der Waals surface area contributed by atoms with Crippen LogP contribution in [0.5, 0.6) is 0 Å². The van der Waals surface area contributed by atoms with E-state index < -0.39 is 17.8 Å². The third-order valence-corrected chi connectivity index (χ3v) is 6.75. The fourth-order valence-corrected chi connectivity index (χ4v) is 5.58. The molecule has 2 N–H and O–H groups in total. The number of benzene rings is 1. The average molecular weight is 411 g/mol. The Morgan fingerprint density at radius 2 is 1.92 bits per heavy atom. The monoisotopic (exact) mass is 410 g/mol. The molecule has 8 heteroatoms. The first-order valence-electron chi connectivity index (χ1n) is 8.38. The number of carboxylic acids is 1. The molecule has 1 aromatic heterocycles. The van der Waals surface area contributed by atoms with Gasteiger partial charge in [0.05, 0.1) is 22.6 Å². The lowest BCUT2D eigenvalue weighted by molar-refractivity contribution is -0.148. The van der Waals surface area contributed by atoms with Gasteiger partial charge in [-0.3, -0.25) is 9.59 Å². The average Bonchev–Trinajstić information content (AvgIpc) is 3.29. The zero-order valence-electron chi connectivity index (χ0n) is 13.6. The van der Waals surface area contributed by atoms with E-state index in [9.17, 15) is 14.7 Å². The van der Waals surface area contributed by atoms with Gasteiger partial charge >= 0.3 is 5.97 Å². The number of hydrogen-bond acceptors (Lipinski definition) is 4. The van der Waals surface area contributed by atoms with Crippen molar-refractivity contribution in [2.45, 2.75) is 19.3 Å². The molecular weight excluding hydrogens is 395 g/mol. The molecular formula is C18H16Cl2N2O3S. The molecule has 0 unspecified atom stereocenters. The summed E-state index contributed by atoms with van der Waals surface area (Å²) in [5, 5.41) is 15.6. The molecule has 4 rings (SSSR count). The summed E-state index contributed by atoms with van der Waals surface area (Å²) in [7, 11) is 0. The van der Waals surface area contributed by atoms with Gasteiger partial charge in [0, 0.05) is 16.0 Å². The van der Waals surface area contributed by atoms with Crippen molar-refractivity contribution < 1.29 is 14.7 Å². The molecule has 1 heterocycles. The Hall–Kier alpha value is -1.63. The van der Waals surface area contributed by atoms with E-state index in [1.165, 1.54) is 11.3 Å². The van der Waals surface area contributed by atoms with Gasteiger partial charge in [-0.2, -0.15) is 0 Å². The van der Waals surface area contributed by atoms with Crippen LogP contribution in [0.15, 0.2) is 23.6 Å². The van der Waals surface area contributed by atoms with Crippen molar-refractivity contribution >= 4 is 51.5 Å². The molecule has 2 fully saturated rings. The predicted molar refractivity (Wildman–Crippen MR) is 102 cm³/mol. The van der Waals surface area contributed by atoms with E-state index in [1.54, 1.807) is 23.6 Å². The number of anilines is 1. The number of carboxylic acid groups (broad SMARTS) is 1. The molecule has 0 saturated heterocycles. The van der Waals surface area contributed by atoms with Gasteiger partial charge in [-0.25, -0.2) is 4.98 Å². The molecule has 26 heavy (non-hydrogen) atoms. The summed E-state index contributed by atoms with van der Waals surface area (Å²) >= 11 is 13.4. The molecule has 2 aromatic rings. The Morgan fingerprint density at radius 1 is 1.19 bits per heavy atom. The summed E-state index contributed by atoms with van der Waals surface area (Å²) in [6, 6.07) is 5.15. The zero-order chi connectivity index (χ0) is 18.4. The Balaban J connectivity index is 1.52. The number of fused-ring (bicyclic) bond motifs is 2. The van der Waals surface area contributed by atoms with Crippen LogP contribution in [-0.2, 0) is 9.59 Å². The van der Waals surface area contributed by atoms with Crippen LogP contribution in [0.2, 0.25) is 10.0 Å². The fourth-order valence-electron chi connectivity index (χ4n) is 4.36. The van der Waals surface area contributed by atoms with Crippen molar-refractivity contribution in [2.75, 3.05) is 5.32 Å². The first kappa shape index (κ1) is 17.8. The van der Waals surface area contributed by atoms with Crippen LogP contribution in [0, 0.1) is 23.7 Å².